The lowest BCUT2D eigenvalue weighted by Gasteiger charge is -2.20. The first-order valence-electron chi connectivity index (χ1n) is 8.74. The molecule has 1 unspecified atom stereocenters. The average molecular weight is 355 g/mol. The maximum atomic E-state index is 12.5. The predicted octanol–water partition coefficient (Wildman–Crippen LogP) is 2.73. The Kier molecular flexibility index (Phi) is 5.25. The van der Waals surface area contributed by atoms with Gasteiger partial charge in [0, 0.05) is 50.9 Å². The molecule has 1 N–H and O–H groups in total. The van der Waals surface area contributed by atoms with Crippen LogP contribution in [0.1, 0.15) is 31.0 Å². The molecule has 0 bridgehead atoms. The number of H-pyrrole nitrogens is 1. The predicted molar refractivity (Wildman–Crippen MR) is 100 cm³/mol. The number of aromatic nitrogens is 4. The molecular weight excluding hydrogens is 330 g/mol. The fourth-order valence-corrected chi connectivity index (χ4v) is 3.05. The van der Waals surface area contributed by atoms with Gasteiger partial charge in [0.25, 0.3) is 0 Å². The van der Waals surface area contributed by atoms with Crippen LogP contribution >= 0.6 is 0 Å². The zero-order valence-corrected chi connectivity index (χ0v) is 15.7. The smallest absolute Gasteiger partial charge is 0.224 e. The monoisotopic (exact) mass is 355 g/mol. The van der Waals surface area contributed by atoms with Gasteiger partial charge in [0.1, 0.15) is 17.4 Å². The van der Waals surface area contributed by atoms with Gasteiger partial charge < -0.3 is 19.2 Å². The molecule has 0 radical (unpaired) electrons. The molecular formula is C19H25N5O2. The van der Waals surface area contributed by atoms with Crippen LogP contribution in [0.2, 0.25) is 0 Å². The number of fused-ring (bicyclic) bond motifs is 1. The molecule has 0 saturated carbocycles. The summed E-state index contributed by atoms with van der Waals surface area (Å²) in [6, 6.07) is 5.84. The second kappa shape index (κ2) is 7.59. The zero-order valence-electron chi connectivity index (χ0n) is 15.7. The number of aromatic amines is 1. The van der Waals surface area contributed by atoms with Crippen molar-refractivity contribution in [2.45, 2.75) is 32.7 Å². The highest BCUT2D eigenvalue weighted by Crippen LogP contribution is 2.19. The number of carbonyl (C=O) groups is 1. The van der Waals surface area contributed by atoms with Crippen molar-refractivity contribution in [1.82, 2.24) is 24.4 Å². The Balaban J connectivity index is 1.57. The average Bonchev–Trinajstić information content (AvgIpc) is 3.24. The number of nitrogens with one attached hydrogen (secondary N) is 1. The Morgan fingerprint density at radius 2 is 2.23 bits per heavy atom. The van der Waals surface area contributed by atoms with Gasteiger partial charge in [-0.1, -0.05) is 0 Å². The molecule has 2 aromatic heterocycles. The van der Waals surface area contributed by atoms with E-state index < -0.39 is 0 Å². The van der Waals surface area contributed by atoms with Gasteiger partial charge >= 0.3 is 0 Å². The van der Waals surface area contributed by atoms with Crippen molar-refractivity contribution in [2.75, 3.05) is 20.7 Å². The van der Waals surface area contributed by atoms with Gasteiger partial charge in [0.15, 0.2) is 0 Å². The summed E-state index contributed by atoms with van der Waals surface area (Å²) in [5.41, 5.74) is 1.84. The molecule has 0 aliphatic rings. The first-order valence-corrected chi connectivity index (χ1v) is 8.74. The number of benzene rings is 1. The Bertz CT molecular complexity index is 898. The summed E-state index contributed by atoms with van der Waals surface area (Å²) in [7, 11) is 3.48. The van der Waals surface area contributed by atoms with Gasteiger partial charge in [-0.15, -0.1) is 0 Å². The van der Waals surface area contributed by atoms with E-state index in [0.29, 0.717) is 19.4 Å². The van der Waals surface area contributed by atoms with Crippen LogP contribution < -0.4 is 4.74 Å². The molecule has 1 amide bonds. The number of imidazole rings is 2. The summed E-state index contributed by atoms with van der Waals surface area (Å²) < 4.78 is 7.26. The molecule has 1 atom stereocenters. The van der Waals surface area contributed by atoms with Gasteiger partial charge in [-0.25, -0.2) is 9.97 Å². The molecule has 1 aromatic carbocycles. The molecule has 0 aliphatic carbocycles. The molecule has 138 valence electrons. The van der Waals surface area contributed by atoms with Crippen molar-refractivity contribution < 1.29 is 9.53 Å². The lowest BCUT2D eigenvalue weighted by atomic mass is 10.2. The number of hydrogen-bond acceptors (Lipinski definition) is 4. The Hall–Kier alpha value is -2.83. The quantitative estimate of drug-likeness (QED) is 0.707. The second-order valence-corrected chi connectivity index (χ2v) is 6.57. The number of nitrogens with zero attached hydrogens (tertiary/aromatic N) is 4. The van der Waals surface area contributed by atoms with Crippen LogP contribution in [0.4, 0.5) is 0 Å². The van der Waals surface area contributed by atoms with E-state index in [4.69, 9.17) is 4.74 Å². The number of aryl methyl sites for hydroxylation is 1. The zero-order chi connectivity index (χ0) is 18.7. The normalized spacial score (nSPS) is 12.3. The summed E-state index contributed by atoms with van der Waals surface area (Å²) in [4.78, 5) is 26.3. The van der Waals surface area contributed by atoms with E-state index >= 15 is 0 Å². The highest BCUT2D eigenvalue weighted by atomic mass is 16.5. The Morgan fingerprint density at radius 3 is 2.92 bits per heavy atom. The number of rotatable bonds is 7. The molecule has 7 heteroatoms. The minimum Gasteiger partial charge on any atom is -0.497 e. The van der Waals surface area contributed by atoms with E-state index in [9.17, 15) is 4.79 Å². The summed E-state index contributed by atoms with van der Waals surface area (Å²) in [6.07, 6.45) is 4.80. The summed E-state index contributed by atoms with van der Waals surface area (Å²) >= 11 is 0. The van der Waals surface area contributed by atoms with Crippen LogP contribution in [0.15, 0.2) is 30.6 Å². The number of ether oxygens (including phenoxy) is 1. The number of methoxy groups -OCH3 is 1. The summed E-state index contributed by atoms with van der Waals surface area (Å²) in [5, 5.41) is 0. The maximum Gasteiger partial charge on any atom is 0.224 e. The number of likely N-dealkylation sites (N-methyl/N-ethyl adjacent to an activating group) is 1. The SMILES string of the molecule is COc1ccc2nc(CCN(C)C(=O)CC(C)n3ccnc3C)[nH]c2c1. The third-order valence-corrected chi connectivity index (χ3v) is 4.66. The second-order valence-electron chi connectivity index (χ2n) is 6.57. The van der Waals surface area contributed by atoms with Gasteiger partial charge in [-0.2, -0.15) is 0 Å². The van der Waals surface area contributed by atoms with E-state index in [1.54, 1.807) is 18.2 Å². The van der Waals surface area contributed by atoms with E-state index in [-0.39, 0.29) is 11.9 Å². The van der Waals surface area contributed by atoms with Crippen LogP contribution in [0, 0.1) is 6.92 Å². The molecule has 7 nitrogen and oxygen atoms in total. The standard InChI is InChI=1S/C19H25N5O2/c1-13(24-10-8-20-14(24)2)11-19(25)23(3)9-7-18-21-16-6-5-15(26-4)12-17(16)22-18/h5-6,8,10,12-13H,7,9,11H2,1-4H3,(H,21,22). The van der Waals surface area contributed by atoms with E-state index in [0.717, 1.165) is 28.4 Å². The third kappa shape index (κ3) is 3.87. The van der Waals surface area contributed by atoms with Gasteiger partial charge in [0.05, 0.1) is 18.1 Å². The molecule has 2 heterocycles. The molecule has 3 rings (SSSR count). The first-order chi connectivity index (χ1) is 12.5. The van der Waals surface area contributed by atoms with Crippen LogP contribution in [0.25, 0.3) is 11.0 Å². The van der Waals surface area contributed by atoms with Crippen LogP contribution in [-0.4, -0.2) is 51.0 Å². The lowest BCUT2D eigenvalue weighted by Crippen LogP contribution is -2.30. The molecule has 0 fully saturated rings. The van der Waals surface area contributed by atoms with Crippen molar-refractivity contribution >= 4 is 16.9 Å². The van der Waals surface area contributed by atoms with Gasteiger partial charge in [-0.05, 0) is 26.0 Å². The first kappa shape index (κ1) is 18.0. The Morgan fingerprint density at radius 1 is 1.42 bits per heavy atom. The number of hydrogen-bond donors (Lipinski definition) is 1. The van der Waals surface area contributed by atoms with E-state index in [1.807, 2.05) is 49.9 Å². The fourth-order valence-electron chi connectivity index (χ4n) is 3.05. The van der Waals surface area contributed by atoms with Crippen molar-refractivity contribution in [3.8, 4) is 5.75 Å². The molecule has 0 saturated heterocycles. The van der Waals surface area contributed by atoms with Crippen molar-refractivity contribution in [3.63, 3.8) is 0 Å². The molecule has 3 aromatic rings. The molecule has 26 heavy (non-hydrogen) atoms. The molecule has 0 spiro atoms. The van der Waals surface area contributed by atoms with Crippen molar-refractivity contribution in [3.05, 3.63) is 42.2 Å². The van der Waals surface area contributed by atoms with Crippen molar-refractivity contribution in [2.24, 2.45) is 0 Å². The van der Waals surface area contributed by atoms with Gasteiger partial charge in [-0.3, -0.25) is 4.79 Å². The number of amides is 1. The minimum absolute atomic E-state index is 0.0890. The van der Waals surface area contributed by atoms with Crippen molar-refractivity contribution in [1.29, 1.82) is 0 Å². The van der Waals surface area contributed by atoms with Crippen LogP contribution in [0.5, 0.6) is 5.75 Å². The fraction of sp³-hybridized carbons (Fsp3) is 0.421. The lowest BCUT2D eigenvalue weighted by molar-refractivity contribution is -0.130. The highest BCUT2D eigenvalue weighted by molar-refractivity contribution is 5.77. The summed E-state index contributed by atoms with van der Waals surface area (Å²) in [6.45, 7) is 4.60. The third-order valence-electron chi connectivity index (χ3n) is 4.66. The van der Waals surface area contributed by atoms with E-state index in [2.05, 4.69) is 15.0 Å². The topological polar surface area (TPSA) is 76.0 Å². The Labute approximate surface area is 153 Å². The highest BCUT2D eigenvalue weighted by Gasteiger charge is 2.16. The largest absolute Gasteiger partial charge is 0.497 e. The molecule has 0 aliphatic heterocycles. The van der Waals surface area contributed by atoms with Crippen LogP contribution in [-0.2, 0) is 11.2 Å². The number of carbonyl (C=O) groups excluding carboxylic acids is 1. The van der Waals surface area contributed by atoms with Crippen LogP contribution in [0.3, 0.4) is 0 Å². The maximum absolute atomic E-state index is 12.5. The minimum atomic E-state index is 0.0890. The summed E-state index contributed by atoms with van der Waals surface area (Å²) in [5.74, 6) is 2.70. The van der Waals surface area contributed by atoms with Gasteiger partial charge in [0.2, 0.25) is 5.91 Å². The van der Waals surface area contributed by atoms with E-state index in [1.165, 1.54) is 0 Å².